The van der Waals surface area contributed by atoms with Crippen LogP contribution in [0.25, 0.3) is 0 Å². The lowest BCUT2D eigenvalue weighted by Crippen LogP contribution is -2.21. The first-order valence-electron chi connectivity index (χ1n) is 4.74. The average molecular weight is 241 g/mol. The zero-order chi connectivity index (χ0) is 12.1. The Morgan fingerprint density at radius 3 is 2.88 bits per heavy atom. The van der Waals surface area contributed by atoms with E-state index >= 15 is 0 Å². The molecule has 0 saturated carbocycles. The molecule has 1 rings (SSSR count). The van der Waals surface area contributed by atoms with Crippen molar-refractivity contribution in [2.75, 3.05) is 5.32 Å². The first-order chi connectivity index (χ1) is 7.58. The van der Waals surface area contributed by atoms with E-state index in [-0.39, 0.29) is 10.7 Å². The van der Waals surface area contributed by atoms with Crippen molar-refractivity contribution in [1.82, 2.24) is 0 Å². The minimum absolute atomic E-state index is 0.0306. The molecule has 0 fully saturated rings. The van der Waals surface area contributed by atoms with Crippen LogP contribution in [-0.2, 0) is 4.79 Å². The average Bonchev–Trinajstić information content (AvgIpc) is 2.24. The molecule has 5 heteroatoms. The van der Waals surface area contributed by atoms with E-state index in [1.54, 1.807) is 6.92 Å². The Bertz CT molecular complexity index is 442. The van der Waals surface area contributed by atoms with Gasteiger partial charge >= 0.3 is 0 Å². The van der Waals surface area contributed by atoms with Crippen LogP contribution in [-0.4, -0.2) is 5.91 Å². The first kappa shape index (κ1) is 12.5. The van der Waals surface area contributed by atoms with Gasteiger partial charge in [-0.3, -0.25) is 4.79 Å². The second-order valence-corrected chi connectivity index (χ2v) is 3.64. The standard InChI is InChI=1S/C11H10ClFN2O/c1-2-7(6-14)11(16)15-10-4-3-8(12)5-9(10)13/h3-5,7H,2H2,1H3,(H,15,16). The number of carbonyl (C=O) groups is 1. The molecule has 1 N–H and O–H groups in total. The van der Waals surface area contributed by atoms with E-state index in [1.165, 1.54) is 12.1 Å². The van der Waals surface area contributed by atoms with Gasteiger partial charge in [0, 0.05) is 5.02 Å². The topological polar surface area (TPSA) is 52.9 Å². The highest BCUT2D eigenvalue weighted by Crippen LogP contribution is 2.19. The second kappa shape index (κ2) is 5.47. The highest BCUT2D eigenvalue weighted by Gasteiger charge is 2.16. The molecule has 0 spiro atoms. The number of rotatable bonds is 3. The number of hydrogen-bond acceptors (Lipinski definition) is 2. The third-order valence-electron chi connectivity index (χ3n) is 2.07. The maximum Gasteiger partial charge on any atom is 0.241 e. The Morgan fingerprint density at radius 2 is 2.38 bits per heavy atom. The smallest absolute Gasteiger partial charge is 0.241 e. The molecular weight excluding hydrogens is 231 g/mol. The van der Waals surface area contributed by atoms with Gasteiger partial charge in [0.05, 0.1) is 11.8 Å². The van der Waals surface area contributed by atoms with E-state index in [2.05, 4.69) is 5.32 Å². The third-order valence-corrected chi connectivity index (χ3v) is 2.30. The van der Waals surface area contributed by atoms with Gasteiger partial charge in [0.25, 0.3) is 0 Å². The van der Waals surface area contributed by atoms with Gasteiger partial charge in [-0.05, 0) is 24.6 Å². The normalized spacial score (nSPS) is 11.6. The lowest BCUT2D eigenvalue weighted by atomic mass is 10.1. The number of nitrogens with zero attached hydrogens (tertiary/aromatic N) is 1. The fraction of sp³-hybridized carbons (Fsp3) is 0.273. The van der Waals surface area contributed by atoms with Crippen LogP contribution in [0.1, 0.15) is 13.3 Å². The van der Waals surface area contributed by atoms with E-state index in [0.29, 0.717) is 6.42 Å². The number of nitriles is 1. The summed E-state index contributed by atoms with van der Waals surface area (Å²) >= 11 is 5.57. The van der Waals surface area contributed by atoms with Crippen molar-refractivity contribution >= 4 is 23.2 Å². The monoisotopic (exact) mass is 240 g/mol. The quantitative estimate of drug-likeness (QED) is 0.883. The second-order valence-electron chi connectivity index (χ2n) is 3.20. The summed E-state index contributed by atoms with van der Waals surface area (Å²) in [5, 5.41) is 11.3. The molecule has 0 heterocycles. The molecule has 84 valence electrons. The molecule has 1 aromatic carbocycles. The number of benzene rings is 1. The summed E-state index contributed by atoms with van der Waals surface area (Å²) < 4.78 is 13.3. The van der Waals surface area contributed by atoms with Crippen molar-refractivity contribution in [2.45, 2.75) is 13.3 Å². The summed E-state index contributed by atoms with van der Waals surface area (Å²) in [5.41, 5.74) is 0.0306. The van der Waals surface area contributed by atoms with Gasteiger partial charge in [-0.15, -0.1) is 0 Å². The molecule has 0 bridgehead atoms. The summed E-state index contributed by atoms with van der Waals surface area (Å²) in [4.78, 5) is 11.5. The van der Waals surface area contributed by atoms with Gasteiger partial charge in [-0.1, -0.05) is 18.5 Å². The Hall–Kier alpha value is -1.60. The molecule has 0 aliphatic carbocycles. The molecule has 1 atom stereocenters. The van der Waals surface area contributed by atoms with E-state index in [9.17, 15) is 9.18 Å². The van der Waals surface area contributed by atoms with Gasteiger partial charge in [0.1, 0.15) is 11.7 Å². The van der Waals surface area contributed by atoms with Crippen molar-refractivity contribution in [3.05, 3.63) is 29.0 Å². The lowest BCUT2D eigenvalue weighted by molar-refractivity contribution is -0.118. The van der Waals surface area contributed by atoms with Crippen molar-refractivity contribution in [2.24, 2.45) is 5.92 Å². The van der Waals surface area contributed by atoms with Crippen molar-refractivity contribution < 1.29 is 9.18 Å². The van der Waals surface area contributed by atoms with Crippen LogP contribution in [0, 0.1) is 23.1 Å². The van der Waals surface area contributed by atoms with Crippen LogP contribution in [0.4, 0.5) is 10.1 Å². The predicted molar refractivity (Wildman–Crippen MR) is 59.4 cm³/mol. The van der Waals surface area contributed by atoms with E-state index in [4.69, 9.17) is 16.9 Å². The third kappa shape index (κ3) is 2.94. The summed E-state index contributed by atoms with van der Waals surface area (Å²) in [6.07, 6.45) is 0.386. The molecule has 0 aliphatic rings. The largest absolute Gasteiger partial charge is 0.322 e. The highest BCUT2D eigenvalue weighted by atomic mass is 35.5. The van der Waals surface area contributed by atoms with Crippen molar-refractivity contribution in [1.29, 1.82) is 5.26 Å². The summed E-state index contributed by atoms with van der Waals surface area (Å²) in [5.74, 6) is -1.89. The van der Waals surface area contributed by atoms with Crippen LogP contribution in [0.2, 0.25) is 5.02 Å². The van der Waals surface area contributed by atoms with Crippen molar-refractivity contribution in [3.8, 4) is 6.07 Å². The first-order valence-corrected chi connectivity index (χ1v) is 5.11. The molecule has 1 amide bonds. The van der Waals surface area contributed by atoms with Crippen LogP contribution >= 0.6 is 11.6 Å². The summed E-state index contributed by atoms with van der Waals surface area (Å²) in [6, 6.07) is 5.77. The Kier molecular flexibility index (Phi) is 4.27. The van der Waals surface area contributed by atoms with Crippen LogP contribution in [0.5, 0.6) is 0 Å². The zero-order valence-electron chi connectivity index (χ0n) is 8.63. The van der Waals surface area contributed by atoms with E-state index in [1.807, 2.05) is 6.07 Å². The number of amides is 1. The molecule has 0 aliphatic heterocycles. The molecule has 16 heavy (non-hydrogen) atoms. The van der Waals surface area contributed by atoms with Crippen LogP contribution in [0.3, 0.4) is 0 Å². The molecular formula is C11H10ClFN2O. The van der Waals surface area contributed by atoms with Gasteiger partial charge < -0.3 is 5.32 Å². The SMILES string of the molecule is CCC(C#N)C(=O)Nc1ccc(Cl)cc1F. The van der Waals surface area contributed by atoms with Crippen LogP contribution < -0.4 is 5.32 Å². The maximum absolute atomic E-state index is 13.3. The van der Waals surface area contributed by atoms with Gasteiger partial charge in [0.15, 0.2) is 0 Å². The number of hydrogen-bond donors (Lipinski definition) is 1. The molecule has 1 unspecified atom stereocenters. The lowest BCUT2D eigenvalue weighted by Gasteiger charge is -2.08. The fourth-order valence-corrected chi connectivity index (χ4v) is 1.30. The maximum atomic E-state index is 13.3. The van der Waals surface area contributed by atoms with Gasteiger partial charge in [0.2, 0.25) is 5.91 Å². The molecule has 0 saturated heterocycles. The molecule has 1 aromatic rings. The minimum atomic E-state index is -0.768. The van der Waals surface area contributed by atoms with Gasteiger partial charge in [-0.2, -0.15) is 5.26 Å². The number of nitrogens with one attached hydrogen (secondary N) is 1. The molecule has 0 aromatic heterocycles. The Morgan fingerprint density at radius 1 is 1.69 bits per heavy atom. The summed E-state index contributed by atoms with van der Waals surface area (Å²) in [6.45, 7) is 1.71. The van der Waals surface area contributed by atoms with Gasteiger partial charge in [-0.25, -0.2) is 4.39 Å². The number of carbonyl (C=O) groups excluding carboxylic acids is 1. The minimum Gasteiger partial charge on any atom is -0.322 e. The van der Waals surface area contributed by atoms with Crippen molar-refractivity contribution in [3.63, 3.8) is 0 Å². The van der Waals surface area contributed by atoms with Crippen LogP contribution in [0.15, 0.2) is 18.2 Å². The molecule has 0 radical (unpaired) electrons. The van der Waals surface area contributed by atoms with E-state index < -0.39 is 17.6 Å². The zero-order valence-corrected chi connectivity index (χ0v) is 9.38. The highest BCUT2D eigenvalue weighted by molar-refractivity contribution is 6.30. The molecule has 3 nitrogen and oxygen atoms in total. The Labute approximate surface area is 97.8 Å². The summed E-state index contributed by atoms with van der Waals surface area (Å²) in [7, 11) is 0. The number of anilines is 1. The Balaban J connectivity index is 2.81. The predicted octanol–water partition coefficient (Wildman–Crippen LogP) is 2.97. The van der Waals surface area contributed by atoms with E-state index in [0.717, 1.165) is 6.07 Å². The number of halogens is 2. The fourth-order valence-electron chi connectivity index (χ4n) is 1.15.